The van der Waals surface area contributed by atoms with Crippen LogP contribution in [-0.4, -0.2) is 72.3 Å². The summed E-state index contributed by atoms with van der Waals surface area (Å²) in [6, 6.07) is 0. The molecule has 6 heteroatoms. The van der Waals surface area contributed by atoms with E-state index in [9.17, 15) is 0 Å². The van der Waals surface area contributed by atoms with Crippen molar-refractivity contribution in [1.82, 2.24) is 0 Å². The molecule has 118 valence electrons. The summed E-state index contributed by atoms with van der Waals surface area (Å²) in [6.07, 6.45) is 0.708. The van der Waals surface area contributed by atoms with Crippen LogP contribution in [0.1, 0.15) is 34.1 Å². The number of ether oxygens (including phenoxy) is 1. The number of methoxy groups -OCH3 is 1. The smallest absolute Gasteiger partial charge is 0.0693 e. The molecule has 0 spiro atoms. The molecule has 0 unspecified atom stereocenters. The molecule has 0 aliphatic rings. The zero-order chi connectivity index (χ0) is 15.8. The monoisotopic (exact) mass is 274 g/mol. The highest BCUT2D eigenvalue weighted by atomic mass is 16.5. The summed E-state index contributed by atoms with van der Waals surface area (Å²) in [6.45, 7) is 8.19. The lowest BCUT2D eigenvalue weighted by atomic mass is 10.5. The van der Waals surface area contributed by atoms with Gasteiger partial charge in [-0.05, 0) is 27.2 Å². The summed E-state index contributed by atoms with van der Waals surface area (Å²) in [7, 11) is 2.55. The van der Waals surface area contributed by atoms with E-state index < -0.39 is 0 Å². The van der Waals surface area contributed by atoms with Crippen LogP contribution in [-0.2, 0) is 4.74 Å². The molecular formula is C12H34O6. The van der Waals surface area contributed by atoms with Crippen molar-refractivity contribution >= 4 is 0 Å². The molecule has 0 radical (unpaired) electrons. The highest BCUT2D eigenvalue weighted by Gasteiger charge is 1.69. The average Bonchev–Trinajstić information content (AvgIpc) is 2.33. The Balaban J connectivity index is -0.0000000404. The van der Waals surface area contributed by atoms with Gasteiger partial charge in [-0.15, -0.1) is 0 Å². The van der Waals surface area contributed by atoms with E-state index in [2.05, 4.69) is 4.74 Å². The number of hydrogen-bond acceptors (Lipinski definition) is 6. The molecule has 0 heterocycles. The summed E-state index contributed by atoms with van der Waals surface area (Å²) in [5.41, 5.74) is 0. The maximum Gasteiger partial charge on any atom is 0.0693 e. The van der Waals surface area contributed by atoms with Gasteiger partial charge in [0.15, 0.2) is 0 Å². The van der Waals surface area contributed by atoms with Crippen molar-refractivity contribution in [3.8, 4) is 0 Å². The van der Waals surface area contributed by atoms with E-state index in [4.69, 9.17) is 25.5 Å². The Morgan fingerprint density at radius 1 is 0.944 bits per heavy atom. The highest BCUT2D eigenvalue weighted by Crippen LogP contribution is 1.65. The molecule has 0 saturated carbocycles. The lowest BCUT2D eigenvalue weighted by Crippen LogP contribution is -1.91. The summed E-state index contributed by atoms with van der Waals surface area (Å²) in [4.78, 5) is 0. The fourth-order valence-electron chi connectivity index (χ4n) is 0.0913. The van der Waals surface area contributed by atoms with E-state index in [0.29, 0.717) is 13.2 Å². The molecule has 0 aromatic rings. The fraction of sp³-hybridized carbons (Fsp3) is 1.00. The van der Waals surface area contributed by atoms with Gasteiger partial charge in [0.1, 0.15) is 0 Å². The Bertz CT molecular complexity index is 64.8. The van der Waals surface area contributed by atoms with Crippen LogP contribution in [0.2, 0.25) is 0 Å². The fourth-order valence-corrected chi connectivity index (χ4v) is 0.0913. The first-order chi connectivity index (χ1) is 8.47. The van der Waals surface area contributed by atoms with E-state index in [0.717, 1.165) is 13.5 Å². The maximum absolute atomic E-state index is 8.06. The van der Waals surface area contributed by atoms with Gasteiger partial charge in [-0.25, -0.2) is 0 Å². The Labute approximate surface area is 112 Å². The Morgan fingerprint density at radius 3 is 1.17 bits per heavy atom. The van der Waals surface area contributed by atoms with Crippen molar-refractivity contribution in [2.45, 2.75) is 40.2 Å². The molecule has 0 aliphatic carbocycles. The van der Waals surface area contributed by atoms with Gasteiger partial charge in [-0.1, -0.05) is 6.92 Å². The van der Waals surface area contributed by atoms with Gasteiger partial charge < -0.3 is 30.3 Å². The van der Waals surface area contributed by atoms with Crippen LogP contribution in [0.3, 0.4) is 0 Å². The third-order valence-electron chi connectivity index (χ3n) is 0.519. The first-order valence-electron chi connectivity index (χ1n) is 5.92. The molecule has 0 amide bonds. The van der Waals surface area contributed by atoms with Gasteiger partial charge >= 0.3 is 0 Å². The second kappa shape index (κ2) is 54.2. The van der Waals surface area contributed by atoms with Gasteiger partial charge in [0.05, 0.1) is 13.2 Å². The topological polar surface area (TPSA) is 110 Å². The summed E-state index contributed by atoms with van der Waals surface area (Å²) >= 11 is 0. The van der Waals surface area contributed by atoms with E-state index in [1.54, 1.807) is 27.9 Å². The van der Waals surface area contributed by atoms with Gasteiger partial charge in [0, 0.05) is 33.5 Å². The first-order valence-corrected chi connectivity index (χ1v) is 5.92. The third kappa shape index (κ3) is 451. The van der Waals surface area contributed by atoms with Crippen molar-refractivity contribution in [3.63, 3.8) is 0 Å². The molecule has 0 atom stereocenters. The van der Waals surface area contributed by atoms with E-state index >= 15 is 0 Å². The SMILES string of the molecule is CC(C)O.CCCO.CCO.CO.COCCO. The van der Waals surface area contributed by atoms with Crippen LogP contribution in [0.15, 0.2) is 0 Å². The molecule has 0 bridgehead atoms. The molecule has 6 nitrogen and oxygen atoms in total. The molecule has 0 aliphatic heterocycles. The van der Waals surface area contributed by atoms with Crippen molar-refractivity contribution in [2.75, 3.05) is 40.6 Å². The number of aliphatic hydroxyl groups excluding tert-OH is 5. The minimum Gasteiger partial charge on any atom is -0.400 e. The summed E-state index contributed by atoms with van der Waals surface area (Å²) < 4.78 is 4.44. The maximum atomic E-state index is 8.06. The predicted molar refractivity (Wildman–Crippen MR) is 74.6 cm³/mol. The lowest BCUT2D eigenvalue weighted by Gasteiger charge is -1.84. The van der Waals surface area contributed by atoms with E-state index in [-0.39, 0.29) is 19.3 Å². The number of rotatable bonds is 3. The standard InChI is InChI=1S/C3H8O2.2C3H8O.C2H6O.CH4O/c1-5-3-2-4;1-3(2)4;1-2-3-4;1-2-3;1-2/h4H,2-3H2,1H3;3-4H,1-2H3;4H,2-3H2,1H3;3H,2H2,1H3;2H,1H3. The minimum atomic E-state index is -0.167. The predicted octanol–water partition coefficient (Wildman–Crippen LogP) is 0.00800. The average molecular weight is 274 g/mol. The van der Waals surface area contributed by atoms with E-state index in [1.165, 1.54) is 0 Å². The van der Waals surface area contributed by atoms with Gasteiger partial charge in [-0.3, -0.25) is 0 Å². The Morgan fingerprint density at radius 2 is 1.17 bits per heavy atom. The van der Waals surface area contributed by atoms with Crippen LogP contribution >= 0.6 is 0 Å². The van der Waals surface area contributed by atoms with Crippen molar-refractivity contribution in [1.29, 1.82) is 0 Å². The second-order valence-electron chi connectivity index (χ2n) is 2.85. The molecular weight excluding hydrogens is 240 g/mol. The number of aliphatic hydroxyl groups is 5. The molecule has 0 rings (SSSR count). The minimum absolute atomic E-state index is 0.122. The zero-order valence-electron chi connectivity index (χ0n) is 12.8. The molecule has 5 N–H and O–H groups in total. The molecule has 18 heavy (non-hydrogen) atoms. The van der Waals surface area contributed by atoms with Crippen molar-refractivity contribution in [2.24, 2.45) is 0 Å². The molecule has 0 aromatic heterocycles. The van der Waals surface area contributed by atoms with Crippen LogP contribution in [0.25, 0.3) is 0 Å². The molecule has 0 fully saturated rings. The van der Waals surface area contributed by atoms with Crippen LogP contribution in [0.4, 0.5) is 0 Å². The highest BCUT2D eigenvalue weighted by molar-refractivity contribution is 4.20. The van der Waals surface area contributed by atoms with Crippen LogP contribution in [0.5, 0.6) is 0 Å². The largest absolute Gasteiger partial charge is 0.400 e. The van der Waals surface area contributed by atoms with Crippen molar-refractivity contribution in [3.05, 3.63) is 0 Å². The first kappa shape index (κ1) is 30.6. The summed E-state index contributed by atoms with van der Waals surface area (Å²) in [5.74, 6) is 0. The summed E-state index contributed by atoms with van der Waals surface area (Å²) in [5, 5.41) is 38.4. The van der Waals surface area contributed by atoms with Crippen molar-refractivity contribution < 1.29 is 30.3 Å². The van der Waals surface area contributed by atoms with E-state index in [1.807, 2.05) is 6.92 Å². The Hall–Kier alpha value is -0.240. The number of hydrogen-bond donors (Lipinski definition) is 5. The normalized spacial score (nSPS) is 7.33. The second-order valence-corrected chi connectivity index (χ2v) is 2.85. The van der Waals surface area contributed by atoms with Crippen LogP contribution < -0.4 is 0 Å². The Kier molecular flexibility index (Phi) is 92.3. The van der Waals surface area contributed by atoms with Gasteiger partial charge in [0.25, 0.3) is 0 Å². The zero-order valence-corrected chi connectivity index (χ0v) is 12.8. The quantitative estimate of drug-likeness (QED) is 0.496. The molecule has 0 aromatic carbocycles. The van der Waals surface area contributed by atoms with Gasteiger partial charge in [-0.2, -0.15) is 0 Å². The third-order valence-corrected chi connectivity index (χ3v) is 0.519. The van der Waals surface area contributed by atoms with Gasteiger partial charge in [0.2, 0.25) is 0 Å². The lowest BCUT2D eigenvalue weighted by molar-refractivity contribution is 0.135. The molecule has 0 saturated heterocycles. The van der Waals surface area contributed by atoms with Crippen LogP contribution in [0, 0.1) is 0 Å².